The number of ether oxygens (including phenoxy) is 1. The molecule has 1 amide bonds. The average molecular weight is 282 g/mol. The van der Waals surface area contributed by atoms with Crippen molar-refractivity contribution in [3.05, 3.63) is 36.4 Å². The maximum absolute atomic E-state index is 12.0. The Morgan fingerprint density at radius 3 is 2.71 bits per heavy atom. The van der Waals surface area contributed by atoms with E-state index >= 15 is 0 Å². The third kappa shape index (κ3) is 2.35. The van der Waals surface area contributed by atoms with Crippen LogP contribution in [0.5, 0.6) is 5.88 Å². The molecule has 1 saturated carbocycles. The quantitative estimate of drug-likeness (QED) is 0.869. The third-order valence-electron chi connectivity index (χ3n) is 4.47. The summed E-state index contributed by atoms with van der Waals surface area (Å²) >= 11 is 0. The van der Waals surface area contributed by atoms with Crippen molar-refractivity contribution in [1.82, 2.24) is 9.88 Å². The zero-order valence-electron chi connectivity index (χ0n) is 11.9. The smallest absolute Gasteiger partial charge is 0.225 e. The molecule has 0 unspecified atom stereocenters. The molecule has 4 nitrogen and oxygen atoms in total. The first-order valence-corrected chi connectivity index (χ1v) is 7.61. The molecule has 0 bridgehead atoms. The van der Waals surface area contributed by atoms with Crippen molar-refractivity contribution in [2.24, 2.45) is 5.92 Å². The summed E-state index contributed by atoms with van der Waals surface area (Å²) in [5.41, 5.74) is 0.941. The molecular formula is C17H18N2O2. The van der Waals surface area contributed by atoms with E-state index in [9.17, 15) is 4.79 Å². The Morgan fingerprint density at radius 1 is 1.14 bits per heavy atom. The van der Waals surface area contributed by atoms with Crippen molar-refractivity contribution < 1.29 is 9.53 Å². The van der Waals surface area contributed by atoms with Crippen LogP contribution in [0.4, 0.5) is 0 Å². The summed E-state index contributed by atoms with van der Waals surface area (Å²) in [5, 5.41) is 1.11. The van der Waals surface area contributed by atoms with Gasteiger partial charge in [0.1, 0.15) is 6.10 Å². The highest BCUT2D eigenvalue weighted by molar-refractivity contribution is 5.80. The molecule has 0 N–H and O–H groups in total. The monoisotopic (exact) mass is 282 g/mol. The lowest BCUT2D eigenvalue weighted by Crippen LogP contribution is -2.58. The summed E-state index contributed by atoms with van der Waals surface area (Å²) < 4.78 is 5.87. The van der Waals surface area contributed by atoms with Crippen LogP contribution in [-0.2, 0) is 4.79 Å². The van der Waals surface area contributed by atoms with Gasteiger partial charge in [0.25, 0.3) is 0 Å². The zero-order chi connectivity index (χ0) is 14.2. The van der Waals surface area contributed by atoms with Gasteiger partial charge < -0.3 is 9.64 Å². The van der Waals surface area contributed by atoms with Crippen LogP contribution in [0.1, 0.15) is 19.3 Å². The Hall–Kier alpha value is -2.10. The maximum Gasteiger partial charge on any atom is 0.225 e. The molecule has 1 aliphatic carbocycles. The number of hydrogen-bond donors (Lipinski definition) is 0. The molecule has 108 valence electrons. The van der Waals surface area contributed by atoms with E-state index in [4.69, 9.17) is 4.74 Å². The largest absolute Gasteiger partial charge is 0.471 e. The number of rotatable bonds is 3. The van der Waals surface area contributed by atoms with Crippen LogP contribution in [0.3, 0.4) is 0 Å². The van der Waals surface area contributed by atoms with Crippen LogP contribution in [0, 0.1) is 5.92 Å². The Kier molecular flexibility index (Phi) is 3.02. The molecule has 4 heteroatoms. The molecule has 2 aromatic rings. The second kappa shape index (κ2) is 5.02. The number of para-hydroxylation sites is 1. The molecule has 1 aromatic carbocycles. The Labute approximate surface area is 123 Å². The summed E-state index contributed by atoms with van der Waals surface area (Å²) in [7, 11) is 0. The van der Waals surface area contributed by atoms with E-state index in [-0.39, 0.29) is 12.0 Å². The van der Waals surface area contributed by atoms with Gasteiger partial charge in [0.05, 0.1) is 18.6 Å². The number of carbonyl (C=O) groups excluding carboxylic acids is 1. The van der Waals surface area contributed by atoms with Gasteiger partial charge in [-0.1, -0.05) is 24.6 Å². The lowest BCUT2D eigenvalue weighted by atomic mass is 9.83. The lowest BCUT2D eigenvalue weighted by molar-refractivity contribution is -0.147. The fourth-order valence-electron chi connectivity index (χ4n) is 2.89. The van der Waals surface area contributed by atoms with Gasteiger partial charge in [-0.15, -0.1) is 0 Å². The van der Waals surface area contributed by atoms with Gasteiger partial charge in [0.2, 0.25) is 11.8 Å². The molecule has 21 heavy (non-hydrogen) atoms. The number of amides is 1. The number of pyridine rings is 1. The number of nitrogens with zero attached hydrogens (tertiary/aromatic N) is 2. The highest BCUT2D eigenvalue weighted by atomic mass is 16.5. The van der Waals surface area contributed by atoms with Crippen LogP contribution in [0.15, 0.2) is 36.4 Å². The second-order valence-corrected chi connectivity index (χ2v) is 5.95. The molecule has 2 heterocycles. The molecular weight excluding hydrogens is 264 g/mol. The number of benzene rings is 1. The first-order chi connectivity index (χ1) is 10.3. The van der Waals surface area contributed by atoms with Crippen LogP contribution >= 0.6 is 0 Å². The minimum atomic E-state index is 0.0858. The van der Waals surface area contributed by atoms with Gasteiger partial charge in [0.15, 0.2) is 0 Å². The molecule has 2 fully saturated rings. The Balaban J connectivity index is 1.37. The molecule has 1 saturated heterocycles. The minimum absolute atomic E-state index is 0.0858. The summed E-state index contributed by atoms with van der Waals surface area (Å²) in [4.78, 5) is 18.5. The standard InChI is InChI=1S/C17H18N2O2/c20-17(13-5-3-6-13)19-10-14(11-19)21-16-9-8-12-4-1-2-7-15(12)18-16/h1-2,4,7-9,13-14H,3,5-6,10-11H2. The molecule has 2 aliphatic rings. The van der Waals surface area contributed by atoms with E-state index in [2.05, 4.69) is 4.98 Å². The van der Waals surface area contributed by atoms with Crippen molar-refractivity contribution in [3.63, 3.8) is 0 Å². The number of carbonyl (C=O) groups is 1. The number of likely N-dealkylation sites (tertiary alicyclic amines) is 1. The maximum atomic E-state index is 12.0. The molecule has 0 radical (unpaired) electrons. The summed E-state index contributed by atoms with van der Waals surface area (Å²) in [6.07, 6.45) is 3.41. The molecule has 1 aromatic heterocycles. The number of hydrogen-bond acceptors (Lipinski definition) is 3. The third-order valence-corrected chi connectivity index (χ3v) is 4.47. The van der Waals surface area contributed by atoms with Crippen molar-refractivity contribution >= 4 is 16.8 Å². The van der Waals surface area contributed by atoms with E-state index in [0.717, 1.165) is 23.7 Å². The topological polar surface area (TPSA) is 42.4 Å². The molecule has 0 spiro atoms. The fourth-order valence-corrected chi connectivity index (χ4v) is 2.89. The van der Waals surface area contributed by atoms with Crippen molar-refractivity contribution in [2.75, 3.05) is 13.1 Å². The van der Waals surface area contributed by atoms with E-state index in [1.165, 1.54) is 6.42 Å². The lowest BCUT2D eigenvalue weighted by Gasteiger charge is -2.42. The van der Waals surface area contributed by atoms with E-state index < -0.39 is 0 Å². The SMILES string of the molecule is O=C(C1CCC1)N1CC(Oc2ccc3ccccc3n2)C1. The summed E-state index contributed by atoms with van der Waals surface area (Å²) in [6, 6.07) is 11.9. The van der Waals surface area contributed by atoms with Crippen LogP contribution in [-0.4, -0.2) is 35.0 Å². The predicted molar refractivity (Wildman–Crippen MR) is 80.1 cm³/mol. The molecule has 1 aliphatic heterocycles. The van der Waals surface area contributed by atoms with E-state index in [1.54, 1.807) is 0 Å². The predicted octanol–water partition coefficient (Wildman–Crippen LogP) is 2.62. The zero-order valence-corrected chi connectivity index (χ0v) is 11.9. The minimum Gasteiger partial charge on any atom is -0.471 e. The van der Waals surface area contributed by atoms with E-state index in [0.29, 0.717) is 24.9 Å². The average Bonchev–Trinajstić information content (AvgIpc) is 2.40. The Morgan fingerprint density at radius 2 is 1.95 bits per heavy atom. The van der Waals surface area contributed by atoms with Crippen molar-refractivity contribution in [2.45, 2.75) is 25.4 Å². The first-order valence-electron chi connectivity index (χ1n) is 7.61. The summed E-state index contributed by atoms with van der Waals surface area (Å²) in [5.74, 6) is 1.24. The van der Waals surface area contributed by atoms with Crippen molar-refractivity contribution in [3.8, 4) is 5.88 Å². The van der Waals surface area contributed by atoms with Crippen LogP contribution < -0.4 is 4.74 Å². The fraction of sp³-hybridized carbons (Fsp3) is 0.412. The normalized spacial score (nSPS) is 19.1. The first kappa shape index (κ1) is 12.6. The number of aromatic nitrogens is 1. The van der Waals surface area contributed by atoms with E-state index in [1.807, 2.05) is 41.3 Å². The van der Waals surface area contributed by atoms with Gasteiger partial charge in [-0.25, -0.2) is 4.98 Å². The summed E-state index contributed by atoms with van der Waals surface area (Å²) in [6.45, 7) is 1.40. The van der Waals surface area contributed by atoms with Crippen LogP contribution in [0.2, 0.25) is 0 Å². The van der Waals surface area contributed by atoms with Crippen LogP contribution in [0.25, 0.3) is 10.9 Å². The molecule has 4 rings (SSSR count). The molecule has 0 atom stereocenters. The van der Waals surface area contributed by atoms with Gasteiger partial charge in [0, 0.05) is 17.4 Å². The van der Waals surface area contributed by atoms with Gasteiger partial charge >= 0.3 is 0 Å². The highest BCUT2D eigenvalue weighted by Gasteiger charge is 2.37. The van der Waals surface area contributed by atoms with Crippen molar-refractivity contribution in [1.29, 1.82) is 0 Å². The van der Waals surface area contributed by atoms with Gasteiger partial charge in [-0.2, -0.15) is 0 Å². The van der Waals surface area contributed by atoms with Gasteiger partial charge in [-0.3, -0.25) is 4.79 Å². The second-order valence-electron chi connectivity index (χ2n) is 5.95. The Bertz CT molecular complexity index is 675. The number of fused-ring (bicyclic) bond motifs is 1. The highest BCUT2D eigenvalue weighted by Crippen LogP contribution is 2.30. The van der Waals surface area contributed by atoms with Gasteiger partial charge in [-0.05, 0) is 25.0 Å².